The third-order valence-electron chi connectivity index (χ3n) is 1.94. The zero-order valence-electron chi connectivity index (χ0n) is 8.00. The molecule has 0 fully saturated rings. The summed E-state index contributed by atoms with van der Waals surface area (Å²) in [5.41, 5.74) is 0.933. The Morgan fingerprint density at radius 3 is 2.50 bits per heavy atom. The van der Waals surface area contributed by atoms with Crippen molar-refractivity contribution in [2.45, 2.75) is 19.5 Å². The molecule has 1 N–H and O–H groups in total. The van der Waals surface area contributed by atoms with Crippen molar-refractivity contribution in [1.29, 1.82) is 0 Å². The molecule has 0 heterocycles. The molecule has 2 nitrogen and oxygen atoms in total. The minimum Gasteiger partial charge on any atom is -0.496 e. The smallest absolute Gasteiger partial charge is 0.268 e. The number of aryl methyl sites for hydroxylation is 1. The van der Waals surface area contributed by atoms with Crippen LogP contribution in [0.4, 0.5) is 8.78 Å². The molecule has 1 unspecified atom stereocenters. The van der Waals surface area contributed by atoms with Gasteiger partial charge in [0.15, 0.2) is 0 Å². The summed E-state index contributed by atoms with van der Waals surface area (Å²) < 4.78 is 29.4. The Hall–Kier alpha value is -1.16. The number of alkyl halides is 2. The van der Waals surface area contributed by atoms with Gasteiger partial charge in [-0.15, -0.1) is 0 Å². The summed E-state index contributed by atoms with van der Waals surface area (Å²) in [6.07, 6.45) is -4.59. The molecule has 1 aromatic rings. The molecule has 0 aliphatic rings. The lowest BCUT2D eigenvalue weighted by Gasteiger charge is -2.14. The maximum absolute atomic E-state index is 12.3. The summed E-state index contributed by atoms with van der Waals surface area (Å²) in [6.45, 7) is 1.77. The van der Waals surface area contributed by atoms with Gasteiger partial charge in [0.05, 0.1) is 7.11 Å². The maximum atomic E-state index is 12.3. The van der Waals surface area contributed by atoms with E-state index in [9.17, 15) is 13.9 Å². The number of rotatable bonds is 3. The van der Waals surface area contributed by atoms with Crippen LogP contribution in [0.3, 0.4) is 0 Å². The predicted octanol–water partition coefficient (Wildman–Crippen LogP) is 2.30. The van der Waals surface area contributed by atoms with Crippen LogP contribution in [-0.4, -0.2) is 18.6 Å². The van der Waals surface area contributed by atoms with E-state index in [1.807, 2.05) is 0 Å². The van der Waals surface area contributed by atoms with Gasteiger partial charge >= 0.3 is 0 Å². The molecule has 0 saturated carbocycles. The van der Waals surface area contributed by atoms with Gasteiger partial charge in [-0.05, 0) is 19.1 Å². The van der Waals surface area contributed by atoms with Crippen LogP contribution < -0.4 is 4.74 Å². The fourth-order valence-electron chi connectivity index (χ4n) is 1.22. The van der Waals surface area contributed by atoms with Crippen molar-refractivity contribution in [1.82, 2.24) is 0 Å². The van der Waals surface area contributed by atoms with Crippen molar-refractivity contribution >= 4 is 0 Å². The van der Waals surface area contributed by atoms with Crippen molar-refractivity contribution in [2.24, 2.45) is 0 Å². The molecule has 4 heteroatoms. The zero-order valence-corrected chi connectivity index (χ0v) is 8.00. The van der Waals surface area contributed by atoms with E-state index in [0.717, 1.165) is 5.56 Å². The largest absolute Gasteiger partial charge is 0.496 e. The van der Waals surface area contributed by atoms with Crippen molar-refractivity contribution in [3.8, 4) is 5.75 Å². The summed E-state index contributed by atoms with van der Waals surface area (Å²) in [4.78, 5) is 0. The molecule has 0 spiro atoms. The third kappa shape index (κ3) is 2.20. The average Bonchev–Trinajstić information content (AvgIpc) is 2.16. The molecule has 0 saturated heterocycles. The lowest BCUT2D eigenvalue weighted by Crippen LogP contribution is -2.09. The van der Waals surface area contributed by atoms with Gasteiger partial charge in [-0.2, -0.15) is 0 Å². The number of hydrogen-bond acceptors (Lipinski definition) is 2. The second kappa shape index (κ2) is 4.37. The van der Waals surface area contributed by atoms with Crippen LogP contribution in [0.25, 0.3) is 0 Å². The zero-order chi connectivity index (χ0) is 10.7. The van der Waals surface area contributed by atoms with Crippen LogP contribution >= 0.6 is 0 Å². The number of halogens is 2. The number of aliphatic hydroxyl groups excluding tert-OH is 1. The highest BCUT2D eigenvalue weighted by Gasteiger charge is 2.22. The van der Waals surface area contributed by atoms with Crippen LogP contribution in [0.5, 0.6) is 5.75 Å². The number of methoxy groups -OCH3 is 1. The first-order valence-corrected chi connectivity index (χ1v) is 4.17. The van der Waals surface area contributed by atoms with Crippen LogP contribution in [0.15, 0.2) is 18.2 Å². The Bertz CT molecular complexity index is 313. The van der Waals surface area contributed by atoms with E-state index in [2.05, 4.69) is 0 Å². The number of benzene rings is 1. The number of aliphatic hydroxyl groups is 1. The normalized spacial score (nSPS) is 13.0. The molecule has 1 atom stereocenters. The molecule has 1 rings (SSSR count). The monoisotopic (exact) mass is 202 g/mol. The van der Waals surface area contributed by atoms with Gasteiger partial charge < -0.3 is 9.84 Å². The second-order valence-electron chi connectivity index (χ2n) is 3.02. The molecule has 0 bridgehead atoms. The van der Waals surface area contributed by atoms with Crippen LogP contribution in [0.1, 0.15) is 17.2 Å². The molecule has 78 valence electrons. The maximum Gasteiger partial charge on any atom is 0.268 e. The molecule has 0 amide bonds. The molecule has 1 aromatic carbocycles. The first-order chi connectivity index (χ1) is 6.56. The van der Waals surface area contributed by atoms with Crippen LogP contribution in [0.2, 0.25) is 0 Å². The Morgan fingerprint density at radius 2 is 2.00 bits per heavy atom. The van der Waals surface area contributed by atoms with Gasteiger partial charge in [0.25, 0.3) is 6.43 Å². The van der Waals surface area contributed by atoms with Crippen molar-refractivity contribution in [3.63, 3.8) is 0 Å². The standard InChI is InChI=1S/C10H12F2O2/c1-6-3-4-8(14-2)7(5-6)9(13)10(11)12/h3-5,9-10,13H,1-2H3. The van der Waals surface area contributed by atoms with Gasteiger partial charge in [-0.1, -0.05) is 11.6 Å². The number of hydrogen-bond donors (Lipinski definition) is 1. The Labute approximate surface area is 81.1 Å². The van der Waals surface area contributed by atoms with Gasteiger partial charge in [-0.3, -0.25) is 0 Å². The SMILES string of the molecule is COc1ccc(C)cc1C(O)C(F)F. The van der Waals surface area contributed by atoms with Crippen LogP contribution in [-0.2, 0) is 0 Å². The highest BCUT2D eigenvalue weighted by molar-refractivity contribution is 5.38. The summed E-state index contributed by atoms with van der Waals surface area (Å²) >= 11 is 0. The molecule has 14 heavy (non-hydrogen) atoms. The first-order valence-electron chi connectivity index (χ1n) is 4.17. The molecular weight excluding hydrogens is 190 g/mol. The third-order valence-corrected chi connectivity index (χ3v) is 1.94. The molecule has 0 aliphatic carbocycles. The van der Waals surface area contributed by atoms with Crippen molar-refractivity contribution in [3.05, 3.63) is 29.3 Å². The predicted molar refractivity (Wildman–Crippen MR) is 48.7 cm³/mol. The summed E-state index contributed by atoms with van der Waals surface area (Å²) in [5.74, 6) is 0.281. The molecule has 0 aliphatic heterocycles. The Kier molecular flexibility index (Phi) is 3.41. The average molecular weight is 202 g/mol. The summed E-state index contributed by atoms with van der Waals surface area (Å²) in [6, 6.07) is 4.80. The Balaban J connectivity index is 3.10. The van der Waals surface area contributed by atoms with E-state index >= 15 is 0 Å². The van der Waals surface area contributed by atoms with Crippen LogP contribution in [0, 0.1) is 6.92 Å². The fraction of sp³-hybridized carbons (Fsp3) is 0.400. The lowest BCUT2D eigenvalue weighted by atomic mass is 10.1. The van der Waals surface area contributed by atoms with E-state index in [-0.39, 0.29) is 11.3 Å². The van der Waals surface area contributed by atoms with E-state index < -0.39 is 12.5 Å². The van der Waals surface area contributed by atoms with E-state index in [4.69, 9.17) is 4.74 Å². The number of ether oxygens (including phenoxy) is 1. The van der Waals surface area contributed by atoms with Crippen molar-refractivity contribution in [2.75, 3.05) is 7.11 Å². The minimum absolute atomic E-state index is 0.127. The molecule has 0 radical (unpaired) electrons. The van der Waals surface area contributed by atoms with Gasteiger partial charge in [0, 0.05) is 5.56 Å². The second-order valence-corrected chi connectivity index (χ2v) is 3.02. The highest BCUT2D eigenvalue weighted by atomic mass is 19.3. The quantitative estimate of drug-likeness (QED) is 0.814. The van der Waals surface area contributed by atoms with E-state index in [1.54, 1.807) is 19.1 Å². The van der Waals surface area contributed by atoms with Crippen molar-refractivity contribution < 1.29 is 18.6 Å². The summed E-state index contributed by atoms with van der Waals surface area (Å²) in [5, 5.41) is 9.20. The van der Waals surface area contributed by atoms with Gasteiger partial charge in [0.2, 0.25) is 0 Å². The van der Waals surface area contributed by atoms with Gasteiger partial charge in [-0.25, -0.2) is 8.78 Å². The highest BCUT2D eigenvalue weighted by Crippen LogP contribution is 2.29. The van der Waals surface area contributed by atoms with E-state index in [1.165, 1.54) is 13.2 Å². The summed E-state index contributed by atoms with van der Waals surface area (Å²) in [7, 11) is 1.38. The topological polar surface area (TPSA) is 29.5 Å². The van der Waals surface area contributed by atoms with Gasteiger partial charge in [0.1, 0.15) is 11.9 Å². The fourth-order valence-corrected chi connectivity index (χ4v) is 1.22. The van der Waals surface area contributed by atoms with E-state index in [0.29, 0.717) is 0 Å². The Morgan fingerprint density at radius 1 is 1.36 bits per heavy atom. The molecule has 0 aromatic heterocycles. The first kappa shape index (κ1) is 10.9. The lowest BCUT2D eigenvalue weighted by molar-refractivity contribution is -0.00701. The molecular formula is C10H12F2O2. The minimum atomic E-state index is -2.80.